The minimum atomic E-state index is -4.69. The molecule has 4 rings (SSSR count). The first kappa shape index (κ1) is 20.0. The summed E-state index contributed by atoms with van der Waals surface area (Å²) in [6, 6.07) is 5.01. The van der Waals surface area contributed by atoms with Crippen molar-refractivity contribution >= 4 is 25.2 Å². The average molecular weight is 425 g/mol. The Kier molecular flexibility index (Phi) is 5.63. The van der Waals surface area contributed by atoms with Gasteiger partial charge in [0, 0.05) is 11.5 Å². The predicted octanol–water partition coefficient (Wildman–Crippen LogP) is 5.86. The third kappa shape index (κ3) is 3.91. The monoisotopic (exact) mass is 424 g/mol. The van der Waals surface area contributed by atoms with Crippen LogP contribution in [0.2, 0.25) is 5.02 Å². The molecule has 0 radical (unpaired) electrons. The van der Waals surface area contributed by atoms with Gasteiger partial charge in [-0.2, -0.15) is 0 Å². The third-order valence-electron chi connectivity index (χ3n) is 6.28. The van der Waals surface area contributed by atoms with E-state index in [4.69, 9.17) is 20.9 Å². The van der Waals surface area contributed by atoms with Gasteiger partial charge in [0.05, 0.1) is 12.1 Å². The molecule has 2 bridgehead atoms. The van der Waals surface area contributed by atoms with Gasteiger partial charge in [0.15, 0.2) is 5.75 Å². The van der Waals surface area contributed by atoms with Crippen LogP contribution in [0.3, 0.4) is 0 Å². The molecule has 0 heterocycles. The van der Waals surface area contributed by atoms with Gasteiger partial charge in [-0.1, -0.05) is 29.2 Å². The maximum Gasteiger partial charge on any atom is 0.524 e. The number of phosphoric ester groups is 1. The fourth-order valence-corrected chi connectivity index (χ4v) is 5.89. The highest BCUT2D eigenvalue weighted by atomic mass is 35.5. The SMILES string of the molecule is CO/C(=C1\C2CCCC1C1=C(CCCC1)C2)c1ccc(Cl)c(OP(=O)(O)O)c1. The fraction of sp³-hybridized carbons (Fsp3) is 0.524. The Morgan fingerprint density at radius 1 is 1.18 bits per heavy atom. The molecule has 0 amide bonds. The number of fused-ring (bicyclic) bond motifs is 3. The quantitative estimate of drug-likeness (QED) is 0.359. The summed E-state index contributed by atoms with van der Waals surface area (Å²) in [4.78, 5) is 18.3. The van der Waals surface area contributed by atoms with E-state index >= 15 is 0 Å². The van der Waals surface area contributed by atoms with Gasteiger partial charge in [0.25, 0.3) is 0 Å². The summed E-state index contributed by atoms with van der Waals surface area (Å²) in [5.74, 6) is 1.69. The Morgan fingerprint density at radius 2 is 1.96 bits per heavy atom. The van der Waals surface area contributed by atoms with Gasteiger partial charge in [-0.15, -0.1) is 0 Å². The number of ether oxygens (including phenoxy) is 1. The maximum atomic E-state index is 11.3. The van der Waals surface area contributed by atoms with Crippen molar-refractivity contribution in [3.8, 4) is 5.75 Å². The number of methoxy groups -OCH3 is 1. The van der Waals surface area contributed by atoms with Crippen molar-refractivity contribution in [2.24, 2.45) is 11.8 Å². The largest absolute Gasteiger partial charge is 0.524 e. The molecule has 0 aliphatic heterocycles. The summed E-state index contributed by atoms with van der Waals surface area (Å²) >= 11 is 6.09. The molecular formula is C21H26ClO5P. The molecule has 2 N–H and O–H groups in total. The van der Waals surface area contributed by atoms with Crippen molar-refractivity contribution in [1.29, 1.82) is 0 Å². The molecule has 1 aromatic rings. The number of benzene rings is 1. The second-order valence-electron chi connectivity index (χ2n) is 7.94. The van der Waals surface area contributed by atoms with Gasteiger partial charge in [-0.3, -0.25) is 9.79 Å². The van der Waals surface area contributed by atoms with Crippen molar-refractivity contribution < 1.29 is 23.6 Å². The molecule has 2 atom stereocenters. The smallest absolute Gasteiger partial charge is 0.496 e. The second-order valence-corrected chi connectivity index (χ2v) is 9.51. The van der Waals surface area contributed by atoms with Gasteiger partial charge in [-0.25, -0.2) is 4.57 Å². The molecule has 7 heteroatoms. The molecule has 152 valence electrons. The average Bonchev–Trinajstić information content (AvgIpc) is 2.64. The minimum Gasteiger partial charge on any atom is -0.496 e. The van der Waals surface area contributed by atoms with Crippen molar-refractivity contribution in [2.75, 3.05) is 7.11 Å². The highest BCUT2D eigenvalue weighted by Gasteiger charge is 2.39. The lowest BCUT2D eigenvalue weighted by Crippen LogP contribution is -2.30. The number of rotatable bonds is 4. The van der Waals surface area contributed by atoms with E-state index in [1.807, 2.05) is 6.07 Å². The molecule has 2 unspecified atom stereocenters. The Balaban J connectivity index is 1.80. The highest BCUT2D eigenvalue weighted by molar-refractivity contribution is 7.46. The van der Waals surface area contributed by atoms with Crippen LogP contribution in [0.25, 0.3) is 5.76 Å². The van der Waals surface area contributed by atoms with E-state index in [0.29, 0.717) is 11.8 Å². The van der Waals surface area contributed by atoms with Crippen LogP contribution in [0.4, 0.5) is 0 Å². The first-order chi connectivity index (χ1) is 13.4. The molecule has 3 aliphatic carbocycles. The van der Waals surface area contributed by atoms with E-state index < -0.39 is 7.82 Å². The Labute approximate surface area is 170 Å². The molecule has 1 saturated carbocycles. The summed E-state index contributed by atoms with van der Waals surface area (Å²) in [5.41, 5.74) is 5.38. The predicted molar refractivity (Wildman–Crippen MR) is 109 cm³/mol. The van der Waals surface area contributed by atoms with Crippen molar-refractivity contribution in [3.63, 3.8) is 0 Å². The van der Waals surface area contributed by atoms with E-state index in [1.165, 1.54) is 37.7 Å². The summed E-state index contributed by atoms with van der Waals surface area (Å²) in [6.07, 6.45) is 9.64. The summed E-state index contributed by atoms with van der Waals surface area (Å²) in [5, 5.41) is 0.161. The van der Waals surface area contributed by atoms with Crippen LogP contribution in [0.15, 0.2) is 34.9 Å². The highest BCUT2D eigenvalue weighted by Crippen LogP contribution is 2.53. The first-order valence-electron chi connectivity index (χ1n) is 9.91. The second kappa shape index (κ2) is 7.87. The van der Waals surface area contributed by atoms with Crippen LogP contribution >= 0.6 is 19.4 Å². The van der Waals surface area contributed by atoms with Gasteiger partial charge in [0.2, 0.25) is 0 Å². The molecule has 1 aromatic carbocycles. The van der Waals surface area contributed by atoms with Gasteiger partial charge < -0.3 is 9.26 Å². The Hall–Kier alpha value is -1.26. The lowest BCUT2D eigenvalue weighted by atomic mass is 9.62. The molecular weight excluding hydrogens is 399 g/mol. The van der Waals surface area contributed by atoms with E-state index in [2.05, 4.69) is 0 Å². The number of phosphoric acid groups is 1. The van der Waals surface area contributed by atoms with Crippen LogP contribution in [-0.4, -0.2) is 16.9 Å². The standard InChI is InChI=1S/C21H26ClO5P/c1-26-21(15-9-10-18(22)19(12-15)27-28(23,24)25)20-14-6-4-8-17(20)16-7-3-2-5-13(16)11-14/h9-10,12,14,17H,2-8,11H2,1H3,(H2,23,24,25)/b21-20+. The minimum absolute atomic E-state index is 0.0267. The van der Waals surface area contributed by atoms with Crippen LogP contribution in [0.1, 0.15) is 56.9 Å². The topological polar surface area (TPSA) is 76.0 Å². The third-order valence-corrected chi connectivity index (χ3v) is 7.03. The molecule has 0 saturated heterocycles. The van der Waals surface area contributed by atoms with Crippen LogP contribution in [-0.2, 0) is 9.30 Å². The fourth-order valence-electron chi connectivity index (χ4n) is 5.27. The number of halogens is 1. The zero-order valence-electron chi connectivity index (χ0n) is 16.0. The van der Waals surface area contributed by atoms with E-state index in [0.717, 1.165) is 30.6 Å². The number of hydrogen-bond donors (Lipinski definition) is 2. The van der Waals surface area contributed by atoms with E-state index in [9.17, 15) is 14.4 Å². The maximum absolute atomic E-state index is 11.3. The van der Waals surface area contributed by atoms with Crippen LogP contribution in [0.5, 0.6) is 5.75 Å². The van der Waals surface area contributed by atoms with Crippen LogP contribution in [0, 0.1) is 11.8 Å². The Bertz CT molecular complexity index is 885. The molecule has 28 heavy (non-hydrogen) atoms. The van der Waals surface area contributed by atoms with Crippen molar-refractivity contribution in [2.45, 2.75) is 51.4 Å². The Morgan fingerprint density at radius 3 is 2.71 bits per heavy atom. The zero-order chi connectivity index (χ0) is 19.9. The van der Waals surface area contributed by atoms with E-state index in [-0.39, 0.29) is 10.8 Å². The molecule has 1 fully saturated rings. The summed E-state index contributed by atoms with van der Waals surface area (Å²) in [7, 11) is -3.02. The lowest BCUT2D eigenvalue weighted by Gasteiger charge is -2.43. The molecule has 3 aliphatic rings. The first-order valence-corrected chi connectivity index (χ1v) is 11.8. The van der Waals surface area contributed by atoms with E-state index in [1.54, 1.807) is 30.4 Å². The molecule has 0 spiro atoms. The van der Waals surface area contributed by atoms with Gasteiger partial charge in [0.1, 0.15) is 5.76 Å². The zero-order valence-corrected chi connectivity index (χ0v) is 17.6. The summed E-state index contributed by atoms with van der Waals surface area (Å²) in [6.45, 7) is 0. The van der Waals surface area contributed by atoms with Gasteiger partial charge >= 0.3 is 7.82 Å². The normalized spacial score (nSPS) is 26.6. The van der Waals surface area contributed by atoms with Crippen molar-refractivity contribution in [3.05, 3.63) is 45.5 Å². The lowest BCUT2D eigenvalue weighted by molar-refractivity contribution is 0.283. The van der Waals surface area contributed by atoms with Crippen LogP contribution < -0.4 is 4.52 Å². The summed E-state index contributed by atoms with van der Waals surface area (Å²) < 4.78 is 22.0. The molecule has 0 aromatic heterocycles. The number of hydrogen-bond acceptors (Lipinski definition) is 3. The van der Waals surface area contributed by atoms with Gasteiger partial charge in [-0.05, 0) is 74.6 Å². The molecule has 5 nitrogen and oxygen atoms in total. The van der Waals surface area contributed by atoms with Crippen molar-refractivity contribution in [1.82, 2.24) is 0 Å². The number of allylic oxidation sites excluding steroid dienone is 3.